The van der Waals surface area contributed by atoms with Gasteiger partial charge in [0.15, 0.2) is 0 Å². The number of halogens is 1. The largest absolute Gasteiger partial charge is 0.330 e. The fourth-order valence-corrected chi connectivity index (χ4v) is 4.54. The Kier molecular flexibility index (Phi) is 5.40. The highest BCUT2D eigenvalue weighted by Gasteiger charge is 2.29. The lowest BCUT2D eigenvalue weighted by Crippen LogP contribution is -2.39. The average molecular weight is 297 g/mol. The van der Waals surface area contributed by atoms with Crippen molar-refractivity contribution in [2.45, 2.75) is 17.1 Å². The lowest BCUT2D eigenvalue weighted by Gasteiger charge is -2.30. The zero-order valence-electron chi connectivity index (χ0n) is 9.41. The standard InChI is InChI=1S/C10H16N2O2S2.ClH/c11-8-9-3-5-12(6-4-9)16(13,14)10-2-1-7-15-10;/h1-2,7,9H,3-6,8,11H2;1H. The smallest absolute Gasteiger partial charge is 0.252 e. The van der Waals surface area contributed by atoms with Crippen molar-refractivity contribution in [2.24, 2.45) is 11.7 Å². The zero-order chi connectivity index (χ0) is 11.6. The van der Waals surface area contributed by atoms with Gasteiger partial charge in [-0.05, 0) is 36.8 Å². The Morgan fingerprint density at radius 2 is 2.06 bits per heavy atom. The predicted molar refractivity (Wildman–Crippen MR) is 72.1 cm³/mol. The Hall–Kier alpha value is -0.140. The summed E-state index contributed by atoms with van der Waals surface area (Å²) in [4.78, 5) is 0. The Labute approximate surface area is 112 Å². The highest BCUT2D eigenvalue weighted by atomic mass is 35.5. The van der Waals surface area contributed by atoms with Gasteiger partial charge < -0.3 is 5.73 Å². The summed E-state index contributed by atoms with van der Waals surface area (Å²) in [7, 11) is -3.24. The van der Waals surface area contributed by atoms with Crippen LogP contribution in [-0.4, -0.2) is 32.4 Å². The predicted octanol–water partition coefficient (Wildman–Crippen LogP) is 1.53. The first-order chi connectivity index (χ1) is 7.64. The molecule has 0 saturated carbocycles. The van der Waals surface area contributed by atoms with Crippen LogP contribution in [-0.2, 0) is 10.0 Å². The molecule has 1 aromatic heterocycles. The van der Waals surface area contributed by atoms with Crippen LogP contribution in [0.5, 0.6) is 0 Å². The molecule has 1 aliphatic rings. The van der Waals surface area contributed by atoms with Crippen LogP contribution in [0.3, 0.4) is 0 Å². The third-order valence-electron chi connectivity index (χ3n) is 3.00. The molecular formula is C10H17ClN2O2S2. The first-order valence-electron chi connectivity index (χ1n) is 5.38. The van der Waals surface area contributed by atoms with Gasteiger partial charge in [0.1, 0.15) is 4.21 Å². The topological polar surface area (TPSA) is 63.4 Å². The summed E-state index contributed by atoms with van der Waals surface area (Å²) in [6.45, 7) is 1.86. The van der Waals surface area contributed by atoms with Gasteiger partial charge in [0.05, 0.1) is 0 Å². The van der Waals surface area contributed by atoms with E-state index >= 15 is 0 Å². The van der Waals surface area contributed by atoms with E-state index < -0.39 is 10.0 Å². The number of sulfonamides is 1. The number of nitrogens with two attached hydrogens (primary N) is 1. The molecule has 0 unspecified atom stereocenters. The van der Waals surface area contributed by atoms with Crippen molar-refractivity contribution in [3.8, 4) is 0 Å². The van der Waals surface area contributed by atoms with Gasteiger partial charge in [0, 0.05) is 13.1 Å². The van der Waals surface area contributed by atoms with E-state index in [1.807, 2.05) is 0 Å². The van der Waals surface area contributed by atoms with E-state index in [-0.39, 0.29) is 12.4 Å². The summed E-state index contributed by atoms with van der Waals surface area (Å²) >= 11 is 1.28. The summed E-state index contributed by atoms with van der Waals surface area (Å²) in [5.41, 5.74) is 5.59. The van der Waals surface area contributed by atoms with Gasteiger partial charge in [-0.1, -0.05) is 6.07 Å². The molecule has 0 atom stereocenters. The van der Waals surface area contributed by atoms with Gasteiger partial charge in [-0.25, -0.2) is 8.42 Å². The number of hydrogen-bond acceptors (Lipinski definition) is 4. The SMILES string of the molecule is Cl.NCC1CCN(S(=O)(=O)c2cccs2)CC1. The van der Waals surface area contributed by atoms with E-state index in [2.05, 4.69) is 0 Å². The minimum atomic E-state index is -3.24. The Balaban J connectivity index is 0.00000144. The molecule has 0 amide bonds. The van der Waals surface area contributed by atoms with E-state index in [0.717, 1.165) is 12.8 Å². The molecular weight excluding hydrogens is 280 g/mol. The maximum absolute atomic E-state index is 12.1. The van der Waals surface area contributed by atoms with Crippen molar-refractivity contribution in [2.75, 3.05) is 19.6 Å². The van der Waals surface area contributed by atoms with E-state index in [1.54, 1.807) is 21.8 Å². The second-order valence-corrected chi connectivity index (χ2v) is 7.13. The number of hydrogen-bond donors (Lipinski definition) is 1. The molecule has 0 aromatic carbocycles. The molecule has 0 radical (unpaired) electrons. The summed E-state index contributed by atoms with van der Waals surface area (Å²) < 4.78 is 26.3. The molecule has 1 aliphatic heterocycles. The molecule has 0 aliphatic carbocycles. The molecule has 2 rings (SSSR count). The van der Waals surface area contributed by atoms with Crippen molar-refractivity contribution in [3.63, 3.8) is 0 Å². The van der Waals surface area contributed by atoms with Crippen molar-refractivity contribution >= 4 is 33.8 Å². The number of nitrogens with zero attached hydrogens (tertiary/aromatic N) is 1. The third kappa shape index (κ3) is 3.20. The van der Waals surface area contributed by atoms with Gasteiger partial charge in [-0.15, -0.1) is 23.7 Å². The van der Waals surface area contributed by atoms with Gasteiger partial charge in [0.2, 0.25) is 0 Å². The molecule has 1 fully saturated rings. The van der Waals surface area contributed by atoms with Crippen LogP contribution < -0.4 is 5.73 Å². The Morgan fingerprint density at radius 1 is 1.41 bits per heavy atom. The molecule has 0 spiro atoms. The maximum atomic E-state index is 12.1. The number of thiophene rings is 1. The first-order valence-corrected chi connectivity index (χ1v) is 7.70. The van der Waals surface area contributed by atoms with Crippen LogP contribution in [0.4, 0.5) is 0 Å². The van der Waals surface area contributed by atoms with Gasteiger partial charge in [-0.3, -0.25) is 0 Å². The van der Waals surface area contributed by atoms with Crippen molar-refractivity contribution in [1.82, 2.24) is 4.31 Å². The number of piperidine rings is 1. The summed E-state index contributed by atoms with van der Waals surface area (Å²) in [5.74, 6) is 0.481. The van der Waals surface area contributed by atoms with E-state index in [1.165, 1.54) is 11.3 Å². The Morgan fingerprint density at radius 3 is 2.53 bits per heavy atom. The van der Waals surface area contributed by atoms with Crippen LogP contribution >= 0.6 is 23.7 Å². The molecule has 1 aromatic rings. The molecule has 1 saturated heterocycles. The minimum Gasteiger partial charge on any atom is -0.330 e. The number of rotatable bonds is 3. The lowest BCUT2D eigenvalue weighted by atomic mass is 9.99. The average Bonchev–Trinajstić information content (AvgIpc) is 2.83. The van der Waals surface area contributed by atoms with Gasteiger partial charge >= 0.3 is 0 Å². The van der Waals surface area contributed by atoms with Crippen LogP contribution in [0.2, 0.25) is 0 Å². The van der Waals surface area contributed by atoms with Crippen LogP contribution in [0.25, 0.3) is 0 Å². The van der Waals surface area contributed by atoms with Crippen LogP contribution in [0.15, 0.2) is 21.7 Å². The molecule has 7 heteroatoms. The summed E-state index contributed by atoms with van der Waals surface area (Å²) in [6, 6.07) is 3.43. The van der Waals surface area contributed by atoms with Crippen LogP contribution in [0, 0.1) is 5.92 Å². The quantitative estimate of drug-likeness (QED) is 0.920. The Bertz CT molecular complexity index is 425. The second-order valence-electron chi connectivity index (χ2n) is 4.02. The first kappa shape index (κ1) is 14.9. The molecule has 2 N–H and O–H groups in total. The third-order valence-corrected chi connectivity index (χ3v) is 6.27. The highest BCUT2D eigenvalue weighted by Crippen LogP contribution is 2.25. The zero-order valence-corrected chi connectivity index (χ0v) is 11.9. The van der Waals surface area contributed by atoms with Crippen molar-refractivity contribution in [1.29, 1.82) is 0 Å². The molecule has 17 heavy (non-hydrogen) atoms. The molecule has 4 nitrogen and oxygen atoms in total. The highest BCUT2D eigenvalue weighted by molar-refractivity contribution is 7.91. The van der Waals surface area contributed by atoms with E-state index in [9.17, 15) is 8.42 Å². The van der Waals surface area contributed by atoms with E-state index in [4.69, 9.17) is 5.73 Å². The second kappa shape index (κ2) is 6.15. The fourth-order valence-electron chi connectivity index (χ4n) is 1.92. The van der Waals surface area contributed by atoms with Gasteiger partial charge in [0.25, 0.3) is 10.0 Å². The monoisotopic (exact) mass is 296 g/mol. The minimum absolute atomic E-state index is 0. The summed E-state index contributed by atoms with van der Waals surface area (Å²) in [5, 5.41) is 1.79. The van der Waals surface area contributed by atoms with Crippen molar-refractivity contribution in [3.05, 3.63) is 17.5 Å². The molecule has 0 bridgehead atoms. The normalized spacial score (nSPS) is 18.9. The molecule has 98 valence electrons. The summed E-state index contributed by atoms with van der Waals surface area (Å²) in [6.07, 6.45) is 1.75. The van der Waals surface area contributed by atoms with Gasteiger partial charge in [-0.2, -0.15) is 4.31 Å². The van der Waals surface area contributed by atoms with E-state index in [0.29, 0.717) is 29.8 Å². The van der Waals surface area contributed by atoms with Crippen LogP contribution in [0.1, 0.15) is 12.8 Å². The lowest BCUT2D eigenvalue weighted by molar-refractivity contribution is 0.279. The fraction of sp³-hybridized carbons (Fsp3) is 0.600. The molecule has 2 heterocycles. The maximum Gasteiger partial charge on any atom is 0.252 e. The van der Waals surface area contributed by atoms with Crippen molar-refractivity contribution < 1.29 is 8.42 Å².